The van der Waals surface area contributed by atoms with Crippen molar-refractivity contribution < 1.29 is 19.9 Å². The molecular weight excluding hydrogens is 252 g/mol. The van der Waals surface area contributed by atoms with Gasteiger partial charge in [-0.2, -0.15) is 0 Å². The molecule has 116 valence electrons. The molecule has 0 aromatic heterocycles. The smallest absolute Gasteiger partial charge is 0.129 e. The summed E-state index contributed by atoms with van der Waals surface area (Å²) in [6.07, 6.45) is 8.18. The average molecular weight is 284 g/mol. The van der Waals surface area contributed by atoms with Gasteiger partial charge in [0.25, 0.3) is 0 Å². The van der Waals surface area contributed by atoms with Gasteiger partial charge in [-0.25, -0.2) is 0 Å². The second-order valence-corrected chi connectivity index (χ2v) is 5.46. The highest BCUT2D eigenvalue weighted by atomic mass is 16.0. The van der Waals surface area contributed by atoms with Crippen LogP contribution in [-0.2, 0) is 0 Å². The third kappa shape index (κ3) is 5.06. The number of rotatable bonds is 8. The predicted molar refractivity (Wildman–Crippen MR) is 87.5 cm³/mol. The van der Waals surface area contributed by atoms with Crippen LogP contribution in [0.15, 0.2) is 50.6 Å². The Labute approximate surface area is 123 Å². The van der Waals surface area contributed by atoms with E-state index in [1.165, 1.54) is 26.2 Å². The molecule has 1 aliphatic rings. The number of hydrogen-bond donors (Lipinski definition) is 0. The fourth-order valence-electron chi connectivity index (χ4n) is 3.05. The van der Waals surface area contributed by atoms with Crippen molar-refractivity contribution in [1.29, 1.82) is 0 Å². The van der Waals surface area contributed by atoms with E-state index < -0.39 is 0 Å². The van der Waals surface area contributed by atoms with Crippen LogP contribution in [0, 0.1) is 0 Å². The van der Waals surface area contributed by atoms with Gasteiger partial charge in [0.2, 0.25) is 0 Å². The van der Waals surface area contributed by atoms with E-state index in [1.54, 1.807) is 0 Å². The van der Waals surface area contributed by atoms with Gasteiger partial charge in [0.05, 0.1) is 26.2 Å². The lowest BCUT2D eigenvalue weighted by atomic mass is 10.1. The first kappa shape index (κ1) is 21.1. The Kier molecular flexibility index (Phi) is 10.2. The van der Waals surface area contributed by atoms with Crippen molar-refractivity contribution in [2.75, 3.05) is 52.4 Å². The third-order valence-corrected chi connectivity index (χ3v) is 4.16. The van der Waals surface area contributed by atoms with Crippen LogP contribution in [0.1, 0.15) is 0 Å². The highest BCUT2D eigenvalue weighted by Crippen LogP contribution is 2.20. The fraction of sp³-hybridized carbons (Fsp3) is 0.500. The van der Waals surface area contributed by atoms with Crippen molar-refractivity contribution in [3.63, 3.8) is 0 Å². The maximum atomic E-state index is 3.90. The number of hydrogen-bond acceptors (Lipinski definition) is 0. The number of piperazine rings is 1. The third-order valence-electron chi connectivity index (χ3n) is 4.16. The van der Waals surface area contributed by atoms with Crippen LogP contribution < -0.4 is 0 Å². The number of nitrogens with zero attached hydrogens (tertiary/aromatic N) is 2. The standard InChI is InChI=1S/C16H28N2.2H2O/c1-5-9-17(10-6-2)13-15-18(11-7-3,12-8-4)16-14-17;;/h5-8H,1-4,9-16H2;2*1H2/q+2;;. The molecule has 0 saturated carbocycles. The van der Waals surface area contributed by atoms with Crippen LogP contribution in [0.3, 0.4) is 0 Å². The van der Waals surface area contributed by atoms with Gasteiger partial charge in [-0.15, -0.1) is 0 Å². The molecule has 0 unspecified atom stereocenters. The topological polar surface area (TPSA) is 63.0 Å². The minimum absolute atomic E-state index is 0. The van der Waals surface area contributed by atoms with E-state index in [0.29, 0.717) is 0 Å². The summed E-state index contributed by atoms with van der Waals surface area (Å²) >= 11 is 0. The van der Waals surface area contributed by atoms with E-state index >= 15 is 0 Å². The summed E-state index contributed by atoms with van der Waals surface area (Å²) in [7, 11) is 0. The fourth-order valence-corrected chi connectivity index (χ4v) is 3.05. The maximum absolute atomic E-state index is 3.90. The number of quaternary nitrogens is 2. The molecule has 4 heteroatoms. The Balaban J connectivity index is 0. The highest BCUT2D eigenvalue weighted by molar-refractivity contribution is 4.77. The largest absolute Gasteiger partial charge is 0.412 e. The zero-order chi connectivity index (χ0) is 13.5. The molecule has 0 radical (unpaired) electrons. The molecule has 1 rings (SSSR count). The van der Waals surface area contributed by atoms with Crippen LogP contribution in [-0.4, -0.2) is 72.3 Å². The molecule has 1 aliphatic heterocycles. The van der Waals surface area contributed by atoms with Crippen LogP contribution in [0.5, 0.6) is 0 Å². The average Bonchev–Trinajstić information content (AvgIpc) is 2.35. The minimum atomic E-state index is 0. The van der Waals surface area contributed by atoms with Gasteiger partial charge in [0.1, 0.15) is 26.2 Å². The van der Waals surface area contributed by atoms with Crippen molar-refractivity contribution in [3.05, 3.63) is 50.6 Å². The zero-order valence-corrected chi connectivity index (χ0v) is 12.7. The van der Waals surface area contributed by atoms with Gasteiger partial charge < -0.3 is 19.9 Å². The van der Waals surface area contributed by atoms with Crippen molar-refractivity contribution in [2.24, 2.45) is 0 Å². The van der Waals surface area contributed by atoms with E-state index in [9.17, 15) is 0 Å². The molecular formula is C16H32N2O2+2. The van der Waals surface area contributed by atoms with Crippen LogP contribution in [0.4, 0.5) is 0 Å². The van der Waals surface area contributed by atoms with Crippen molar-refractivity contribution in [1.82, 2.24) is 0 Å². The molecule has 0 aromatic rings. The Morgan fingerprint density at radius 3 is 0.900 bits per heavy atom. The Morgan fingerprint density at radius 1 is 0.550 bits per heavy atom. The molecule has 0 amide bonds. The summed E-state index contributed by atoms with van der Waals surface area (Å²) in [5.74, 6) is 0. The lowest BCUT2D eigenvalue weighted by Gasteiger charge is -2.48. The second-order valence-electron chi connectivity index (χ2n) is 5.46. The van der Waals surface area contributed by atoms with Gasteiger partial charge in [-0.05, 0) is 24.3 Å². The molecule has 0 spiro atoms. The molecule has 20 heavy (non-hydrogen) atoms. The SMILES string of the molecule is C=CC[N+]1(CC=C)CC[N+](CC=C)(CC=C)CC1.O.O. The van der Waals surface area contributed by atoms with Crippen LogP contribution in [0.2, 0.25) is 0 Å². The molecule has 1 fully saturated rings. The maximum Gasteiger partial charge on any atom is 0.129 e. The molecule has 0 aromatic carbocycles. The second kappa shape index (κ2) is 9.66. The Morgan fingerprint density at radius 2 is 0.750 bits per heavy atom. The van der Waals surface area contributed by atoms with E-state index in [-0.39, 0.29) is 11.0 Å². The van der Waals surface area contributed by atoms with Gasteiger partial charge in [0, 0.05) is 0 Å². The van der Waals surface area contributed by atoms with E-state index in [2.05, 4.69) is 26.3 Å². The predicted octanol–water partition coefficient (Wildman–Crippen LogP) is 0.728. The van der Waals surface area contributed by atoms with Gasteiger partial charge in [-0.1, -0.05) is 26.3 Å². The first-order chi connectivity index (χ1) is 8.66. The molecule has 0 aliphatic carbocycles. The Bertz CT molecular complexity index is 262. The van der Waals surface area contributed by atoms with Crippen LogP contribution >= 0.6 is 0 Å². The van der Waals surface area contributed by atoms with Crippen molar-refractivity contribution in [2.45, 2.75) is 0 Å². The van der Waals surface area contributed by atoms with Gasteiger partial charge in [-0.3, -0.25) is 0 Å². The van der Waals surface area contributed by atoms with Gasteiger partial charge >= 0.3 is 0 Å². The first-order valence-electron chi connectivity index (χ1n) is 6.80. The molecule has 4 N–H and O–H groups in total. The first-order valence-corrected chi connectivity index (χ1v) is 6.80. The summed E-state index contributed by atoms with van der Waals surface area (Å²) in [4.78, 5) is 0. The van der Waals surface area contributed by atoms with E-state index in [1.807, 2.05) is 24.3 Å². The van der Waals surface area contributed by atoms with Crippen LogP contribution in [0.25, 0.3) is 0 Å². The zero-order valence-electron chi connectivity index (χ0n) is 12.7. The van der Waals surface area contributed by atoms with Crippen molar-refractivity contribution >= 4 is 0 Å². The summed E-state index contributed by atoms with van der Waals surface area (Å²) in [6, 6.07) is 0. The normalized spacial score (nSPS) is 18.8. The molecule has 4 nitrogen and oxygen atoms in total. The van der Waals surface area contributed by atoms with Gasteiger partial charge in [0.15, 0.2) is 0 Å². The molecule has 1 saturated heterocycles. The summed E-state index contributed by atoms with van der Waals surface area (Å²) in [6.45, 7) is 24.6. The van der Waals surface area contributed by atoms with Crippen molar-refractivity contribution in [3.8, 4) is 0 Å². The summed E-state index contributed by atoms with van der Waals surface area (Å²) in [5, 5.41) is 0. The highest BCUT2D eigenvalue weighted by Gasteiger charge is 2.39. The van der Waals surface area contributed by atoms with E-state index in [0.717, 1.165) is 35.1 Å². The lowest BCUT2D eigenvalue weighted by Crippen LogP contribution is -2.66. The Hall–Kier alpha value is -1.20. The quantitative estimate of drug-likeness (QED) is 0.466. The van der Waals surface area contributed by atoms with E-state index in [4.69, 9.17) is 0 Å². The lowest BCUT2D eigenvalue weighted by molar-refractivity contribution is -1.02. The molecule has 0 bridgehead atoms. The minimum Gasteiger partial charge on any atom is -0.412 e. The molecule has 1 heterocycles. The summed E-state index contributed by atoms with van der Waals surface area (Å²) in [5.41, 5.74) is 0. The monoisotopic (exact) mass is 284 g/mol. The molecule has 0 atom stereocenters. The summed E-state index contributed by atoms with van der Waals surface area (Å²) < 4.78 is 2.22.